The van der Waals surface area contributed by atoms with E-state index in [2.05, 4.69) is 11.2 Å². The lowest BCUT2D eigenvalue weighted by atomic mass is 9.81. The minimum atomic E-state index is -0.884. The summed E-state index contributed by atoms with van der Waals surface area (Å²) in [6.07, 6.45) is 5.92. The Labute approximate surface area is 68.0 Å². The summed E-state index contributed by atoms with van der Waals surface area (Å²) in [5.74, 6) is 2.63. The normalized spacial score (nSPS) is 44.9. The monoisotopic (exact) mass is 153 g/mol. The minimum Gasteiger partial charge on any atom is -0.377 e. The van der Waals surface area contributed by atoms with Crippen LogP contribution in [0.15, 0.2) is 0 Å². The Kier molecular flexibility index (Phi) is 2.22. The average molecular weight is 153 g/mol. The molecule has 0 bridgehead atoms. The molecule has 0 aromatic carbocycles. The Morgan fingerprint density at radius 3 is 2.73 bits per heavy atom. The highest BCUT2D eigenvalue weighted by Crippen LogP contribution is 2.25. The van der Waals surface area contributed by atoms with Crippen molar-refractivity contribution in [2.24, 2.45) is 5.92 Å². The van der Waals surface area contributed by atoms with Crippen LogP contribution in [0.3, 0.4) is 0 Å². The third-order valence-electron chi connectivity index (χ3n) is 2.46. The van der Waals surface area contributed by atoms with Gasteiger partial charge in [-0.1, -0.05) is 12.8 Å². The van der Waals surface area contributed by atoms with Gasteiger partial charge in [-0.3, -0.25) is 0 Å². The molecule has 1 rings (SSSR count). The van der Waals surface area contributed by atoms with Crippen LogP contribution in [0.25, 0.3) is 0 Å². The van der Waals surface area contributed by atoms with Crippen molar-refractivity contribution in [1.29, 1.82) is 0 Å². The topological polar surface area (TPSA) is 32.3 Å². The van der Waals surface area contributed by atoms with Crippen molar-refractivity contribution in [2.45, 2.75) is 31.9 Å². The van der Waals surface area contributed by atoms with Crippen LogP contribution in [-0.2, 0) is 0 Å². The molecular formula is C9H15NO. The molecule has 3 atom stereocenters. The van der Waals surface area contributed by atoms with Gasteiger partial charge >= 0.3 is 0 Å². The van der Waals surface area contributed by atoms with Crippen LogP contribution < -0.4 is 5.32 Å². The number of aliphatic hydroxyl groups is 1. The third-order valence-corrected chi connectivity index (χ3v) is 2.46. The Bertz CT molecular complexity index is 184. The molecule has 1 heterocycles. The first-order valence-electron chi connectivity index (χ1n) is 4.02. The van der Waals surface area contributed by atoms with Gasteiger partial charge in [0.25, 0.3) is 0 Å². The summed E-state index contributed by atoms with van der Waals surface area (Å²) in [6.45, 7) is 4.81. The molecule has 0 aromatic rings. The lowest BCUT2D eigenvalue weighted by Gasteiger charge is -2.37. The summed E-state index contributed by atoms with van der Waals surface area (Å²) in [4.78, 5) is 0. The van der Waals surface area contributed by atoms with Crippen molar-refractivity contribution >= 4 is 0 Å². The molecule has 0 aromatic heterocycles. The summed E-state index contributed by atoms with van der Waals surface area (Å²) in [7, 11) is 0. The van der Waals surface area contributed by atoms with E-state index in [1.54, 1.807) is 0 Å². The van der Waals surface area contributed by atoms with Gasteiger partial charge in [-0.05, 0) is 6.92 Å². The minimum absolute atomic E-state index is 0.156. The molecule has 62 valence electrons. The highest BCUT2D eigenvalue weighted by Gasteiger charge is 2.36. The molecule has 0 spiro atoms. The molecular weight excluding hydrogens is 138 g/mol. The standard InChI is InChI=1S/C9H15NO/c1-4-9(11)5-8(3)10-6-7(9)2/h1,7-8,10-11H,5-6H2,2-3H3/t7-,8-,9+/m1/s1. The zero-order valence-electron chi connectivity index (χ0n) is 7.09. The van der Waals surface area contributed by atoms with E-state index in [1.807, 2.05) is 13.8 Å². The molecule has 1 saturated heterocycles. The van der Waals surface area contributed by atoms with Crippen molar-refractivity contribution in [3.63, 3.8) is 0 Å². The van der Waals surface area contributed by atoms with Gasteiger partial charge in [0.2, 0.25) is 0 Å². The van der Waals surface area contributed by atoms with Crippen molar-refractivity contribution in [1.82, 2.24) is 5.32 Å². The molecule has 0 radical (unpaired) electrons. The number of rotatable bonds is 0. The van der Waals surface area contributed by atoms with Gasteiger partial charge in [0, 0.05) is 24.9 Å². The second-order valence-corrected chi connectivity index (χ2v) is 3.48. The molecule has 0 unspecified atom stereocenters. The fourth-order valence-electron chi connectivity index (χ4n) is 1.49. The van der Waals surface area contributed by atoms with E-state index >= 15 is 0 Å². The van der Waals surface area contributed by atoms with Gasteiger partial charge in [-0.15, -0.1) is 6.42 Å². The lowest BCUT2D eigenvalue weighted by Crippen LogP contribution is -2.52. The van der Waals surface area contributed by atoms with Crippen molar-refractivity contribution < 1.29 is 5.11 Å². The second-order valence-electron chi connectivity index (χ2n) is 3.48. The zero-order valence-corrected chi connectivity index (χ0v) is 7.09. The highest BCUT2D eigenvalue weighted by molar-refractivity contribution is 5.13. The highest BCUT2D eigenvalue weighted by atomic mass is 16.3. The van der Waals surface area contributed by atoms with Gasteiger partial charge in [-0.25, -0.2) is 0 Å². The smallest absolute Gasteiger partial charge is 0.130 e. The summed E-state index contributed by atoms with van der Waals surface area (Å²) < 4.78 is 0. The summed E-state index contributed by atoms with van der Waals surface area (Å²) >= 11 is 0. The van der Waals surface area contributed by atoms with Gasteiger partial charge < -0.3 is 10.4 Å². The number of nitrogens with one attached hydrogen (secondary N) is 1. The van der Waals surface area contributed by atoms with E-state index in [9.17, 15) is 5.11 Å². The number of terminal acetylenes is 1. The van der Waals surface area contributed by atoms with Gasteiger partial charge in [-0.2, -0.15) is 0 Å². The molecule has 0 aliphatic carbocycles. The molecule has 0 saturated carbocycles. The second kappa shape index (κ2) is 2.84. The largest absolute Gasteiger partial charge is 0.377 e. The number of hydrogen-bond donors (Lipinski definition) is 2. The maximum absolute atomic E-state index is 9.84. The molecule has 1 aliphatic rings. The molecule has 1 fully saturated rings. The summed E-state index contributed by atoms with van der Waals surface area (Å²) in [5, 5.41) is 13.1. The van der Waals surface area contributed by atoms with E-state index in [4.69, 9.17) is 6.42 Å². The first-order chi connectivity index (χ1) is 5.08. The number of piperidine rings is 1. The number of hydrogen-bond acceptors (Lipinski definition) is 2. The SMILES string of the molecule is C#C[C@]1(O)C[C@@H](C)NC[C@H]1C. The molecule has 2 heteroatoms. The predicted octanol–water partition coefficient (Wildman–Crippen LogP) is 0.369. The van der Waals surface area contributed by atoms with E-state index < -0.39 is 5.60 Å². The first kappa shape index (κ1) is 8.58. The van der Waals surface area contributed by atoms with Crippen molar-refractivity contribution in [3.8, 4) is 12.3 Å². The van der Waals surface area contributed by atoms with Crippen LogP contribution in [0.4, 0.5) is 0 Å². The Morgan fingerprint density at radius 2 is 2.27 bits per heavy atom. The van der Waals surface area contributed by atoms with E-state index in [-0.39, 0.29) is 5.92 Å². The average Bonchev–Trinajstić information content (AvgIpc) is 1.98. The molecule has 0 amide bonds. The van der Waals surface area contributed by atoms with Crippen LogP contribution >= 0.6 is 0 Å². The van der Waals surface area contributed by atoms with Gasteiger partial charge in [0.05, 0.1) is 0 Å². The fourth-order valence-corrected chi connectivity index (χ4v) is 1.49. The van der Waals surface area contributed by atoms with Crippen LogP contribution in [0.2, 0.25) is 0 Å². The van der Waals surface area contributed by atoms with Crippen LogP contribution in [0.5, 0.6) is 0 Å². The Morgan fingerprint density at radius 1 is 1.64 bits per heavy atom. The van der Waals surface area contributed by atoms with Crippen LogP contribution in [0.1, 0.15) is 20.3 Å². The van der Waals surface area contributed by atoms with Gasteiger partial charge in [0.15, 0.2) is 0 Å². The maximum Gasteiger partial charge on any atom is 0.130 e. The van der Waals surface area contributed by atoms with E-state index in [0.717, 1.165) is 6.54 Å². The summed E-state index contributed by atoms with van der Waals surface area (Å²) in [6, 6.07) is 0.326. The van der Waals surface area contributed by atoms with E-state index in [0.29, 0.717) is 12.5 Å². The van der Waals surface area contributed by atoms with Crippen LogP contribution in [-0.4, -0.2) is 23.3 Å². The zero-order chi connectivity index (χ0) is 8.48. The molecule has 2 nitrogen and oxygen atoms in total. The lowest BCUT2D eigenvalue weighted by molar-refractivity contribution is 0.00776. The Balaban J connectivity index is 2.70. The molecule has 11 heavy (non-hydrogen) atoms. The van der Waals surface area contributed by atoms with Crippen molar-refractivity contribution in [3.05, 3.63) is 0 Å². The molecule has 2 N–H and O–H groups in total. The van der Waals surface area contributed by atoms with E-state index in [1.165, 1.54) is 0 Å². The molecule has 1 aliphatic heterocycles. The van der Waals surface area contributed by atoms with Gasteiger partial charge in [0.1, 0.15) is 5.60 Å². The third kappa shape index (κ3) is 1.55. The summed E-state index contributed by atoms with van der Waals surface area (Å²) in [5.41, 5.74) is -0.884. The van der Waals surface area contributed by atoms with Crippen molar-refractivity contribution in [2.75, 3.05) is 6.54 Å². The predicted molar refractivity (Wildman–Crippen MR) is 45.0 cm³/mol. The van der Waals surface area contributed by atoms with Crippen LogP contribution in [0, 0.1) is 18.3 Å². The fraction of sp³-hybridized carbons (Fsp3) is 0.778. The maximum atomic E-state index is 9.84. The quantitative estimate of drug-likeness (QED) is 0.493. The Hall–Kier alpha value is -0.520. The first-order valence-corrected chi connectivity index (χ1v) is 4.02.